The van der Waals surface area contributed by atoms with Crippen LogP contribution in [0.15, 0.2) is 35.3 Å². The van der Waals surface area contributed by atoms with Gasteiger partial charge < -0.3 is 30.2 Å². The number of esters is 3. The van der Waals surface area contributed by atoms with Crippen LogP contribution >= 0.6 is 0 Å². The normalized spacial score (nSPS) is 15.3. The predicted molar refractivity (Wildman–Crippen MR) is 211 cm³/mol. The van der Waals surface area contributed by atoms with E-state index in [2.05, 4.69) is 57.5 Å². The maximum absolute atomic E-state index is 12.9. The molecule has 0 fully saturated rings. The molecule has 0 aliphatic rings. The van der Waals surface area contributed by atoms with Gasteiger partial charge in [-0.3, -0.25) is 0 Å². The Morgan fingerprint density at radius 2 is 0.784 bits per heavy atom. The fourth-order valence-corrected chi connectivity index (χ4v) is 5.66. The number of hydrogen-bond acceptors (Lipinski definition) is 9. The quantitative estimate of drug-likeness (QED) is 0.0367. The second-order valence-corrected chi connectivity index (χ2v) is 14.6. The molecule has 3 unspecified atom stereocenters. The lowest BCUT2D eigenvalue weighted by Gasteiger charge is -2.30. The fraction of sp³-hybridized carbons (Fsp3) is 0.786. The minimum Gasteiger partial charge on any atom is -0.462 e. The van der Waals surface area contributed by atoms with Crippen LogP contribution in [-0.4, -0.2) is 57.4 Å². The number of carbonyl (C=O) groups excluding carboxylic acids is 3. The first-order valence-corrected chi connectivity index (χ1v) is 20.2. The van der Waals surface area contributed by atoms with Crippen LogP contribution in [0.25, 0.3) is 0 Å². The van der Waals surface area contributed by atoms with Crippen molar-refractivity contribution in [3.05, 3.63) is 35.3 Å². The van der Waals surface area contributed by atoms with Crippen molar-refractivity contribution in [3.63, 3.8) is 0 Å². The molecule has 0 spiro atoms. The Labute approximate surface area is 312 Å². The Kier molecular flexibility index (Phi) is 27.9. The lowest BCUT2D eigenvalue weighted by molar-refractivity contribution is -0.156. The summed E-state index contributed by atoms with van der Waals surface area (Å²) in [5.41, 5.74) is 1.28. The molecule has 0 radical (unpaired) electrons. The number of hydrogen-bond donors (Lipinski definition) is 3. The first kappa shape index (κ1) is 48.0. The summed E-state index contributed by atoms with van der Waals surface area (Å²) >= 11 is 0. The molecule has 0 saturated carbocycles. The molecule has 9 nitrogen and oxygen atoms in total. The van der Waals surface area contributed by atoms with Crippen LogP contribution in [0.5, 0.6) is 0 Å². The van der Waals surface area contributed by atoms with E-state index in [1.165, 1.54) is 37.5 Å². The van der Waals surface area contributed by atoms with Gasteiger partial charge in [0.05, 0.1) is 5.41 Å². The average Bonchev–Trinajstić information content (AvgIpc) is 3.11. The van der Waals surface area contributed by atoms with Crippen LogP contribution in [0.4, 0.5) is 0 Å². The van der Waals surface area contributed by atoms with Crippen molar-refractivity contribution in [1.29, 1.82) is 0 Å². The summed E-state index contributed by atoms with van der Waals surface area (Å²) in [6.07, 6.45) is 18.6. The van der Waals surface area contributed by atoms with Gasteiger partial charge in [-0.15, -0.1) is 0 Å². The number of carbonyl (C=O) groups is 3. The Morgan fingerprint density at radius 3 is 1.00 bits per heavy atom. The Morgan fingerprint density at radius 1 is 0.510 bits per heavy atom. The summed E-state index contributed by atoms with van der Waals surface area (Å²) < 4.78 is 17.2. The first-order chi connectivity index (χ1) is 24.4. The number of allylic oxidation sites excluding steroid dienone is 3. The molecule has 0 amide bonds. The number of unbranched alkanes of at least 4 members (excludes halogenated alkanes) is 3. The summed E-state index contributed by atoms with van der Waals surface area (Å²) in [4.78, 5) is 38.7. The zero-order valence-electron chi connectivity index (χ0n) is 34.3. The maximum Gasteiger partial charge on any atom is 0.332 e. The van der Waals surface area contributed by atoms with Gasteiger partial charge in [0.15, 0.2) is 0 Å². The van der Waals surface area contributed by atoms with E-state index in [4.69, 9.17) is 14.2 Å². The molecule has 0 heterocycles. The molecule has 0 aromatic heterocycles. The zero-order valence-corrected chi connectivity index (χ0v) is 34.3. The number of ether oxygens (including phenoxy) is 3. The summed E-state index contributed by atoms with van der Waals surface area (Å²) in [6.45, 7) is 22.8. The number of nitrogens with one attached hydrogen (secondary N) is 3. The van der Waals surface area contributed by atoms with Crippen LogP contribution in [0.2, 0.25) is 0 Å². The van der Waals surface area contributed by atoms with E-state index in [0.717, 1.165) is 94.5 Å². The minimum atomic E-state index is -0.922. The van der Waals surface area contributed by atoms with Crippen molar-refractivity contribution in [2.24, 2.45) is 23.2 Å². The maximum atomic E-state index is 12.9. The molecule has 0 saturated heterocycles. The van der Waals surface area contributed by atoms with Gasteiger partial charge in [-0.05, 0) is 64.2 Å². The highest BCUT2D eigenvalue weighted by Gasteiger charge is 2.34. The topological polar surface area (TPSA) is 115 Å². The Hall–Kier alpha value is -2.97. The lowest BCUT2D eigenvalue weighted by atomic mass is 9.88. The third kappa shape index (κ3) is 24.0. The van der Waals surface area contributed by atoms with Gasteiger partial charge in [0.2, 0.25) is 0 Å². The number of rotatable bonds is 31. The van der Waals surface area contributed by atoms with Gasteiger partial charge in [0.25, 0.3) is 0 Å². The van der Waals surface area contributed by atoms with E-state index in [0.29, 0.717) is 24.2 Å². The summed E-state index contributed by atoms with van der Waals surface area (Å²) in [6, 6.07) is 0. The van der Waals surface area contributed by atoms with Gasteiger partial charge in [0, 0.05) is 55.0 Å². The van der Waals surface area contributed by atoms with Gasteiger partial charge in [-0.2, -0.15) is 0 Å². The van der Waals surface area contributed by atoms with Gasteiger partial charge in [-0.1, -0.05) is 106 Å². The van der Waals surface area contributed by atoms with Crippen molar-refractivity contribution in [3.8, 4) is 0 Å². The van der Waals surface area contributed by atoms with Crippen LogP contribution in [0, 0.1) is 23.2 Å². The predicted octanol–water partition coefficient (Wildman–Crippen LogP) is 9.14. The Balaban J connectivity index is 5.64. The van der Waals surface area contributed by atoms with Crippen molar-refractivity contribution < 1.29 is 28.6 Å². The molecule has 0 rings (SSSR count). The molecule has 0 aromatic rings. The highest BCUT2D eigenvalue weighted by molar-refractivity contribution is 5.83. The zero-order chi connectivity index (χ0) is 38.5. The van der Waals surface area contributed by atoms with E-state index < -0.39 is 23.3 Å². The molecule has 296 valence electrons. The van der Waals surface area contributed by atoms with Crippen LogP contribution in [0.1, 0.15) is 153 Å². The molecule has 3 N–H and O–H groups in total. The molecule has 9 heteroatoms. The standard InChI is InChI=1S/C42H77N3O6/c1-11-18-21-36(14-4)27-43-33(8)24-39(46)49-30-42(17-7,31-50-40(47)25-34(9)44-28-37(15-5)22-19-12-2)32-51-41(48)26-35(10)45-29-38(16-6)23-20-13-3/h24-26,36-38,43-45H,11-23,27-32H2,1-10H3/b33-24-,34-25-,35-26-. The molecule has 0 aliphatic carbocycles. The van der Waals surface area contributed by atoms with Crippen molar-refractivity contribution in [1.82, 2.24) is 16.0 Å². The molecule has 0 bridgehead atoms. The molecule has 51 heavy (non-hydrogen) atoms. The van der Waals surface area contributed by atoms with Gasteiger partial charge in [-0.25, -0.2) is 14.4 Å². The summed E-state index contributed by atoms with van der Waals surface area (Å²) in [7, 11) is 0. The second kappa shape index (κ2) is 29.6. The SMILES string of the molecule is CCCCC(CC)CN/C(C)=C\C(=O)OCC(CC)(COC(=O)/C=C(/C)NCC(CC)CCCC)COC(=O)/C=C(/C)NCC(CC)CCCC. The third-order valence-corrected chi connectivity index (χ3v) is 9.95. The van der Waals surface area contributed by atoms with Crippen molar-refractivity contribution >= 4 is 17.9 Å². The van der Waals surface area contributed by atoms with Gasteiger partial charge >= 0.3 is 17.9 Å². The highest BCUT2D eigenvalue weighted by Crippen LogP contribution is 2.25. The van der Waals surface area contributed by atoms with Crippen molar-refractivity contribution in [2.45, 2.75) is 153 Å². The summed E-state index contributed by atoms with van der Waals surface area (Å²) in [5.74, 6) is 0.138. The monoisotopic (exact) mass is 720 g/mol. The van der Waals surface area contributed by atoms with Crippen LogP contribution in [-0.2, 0) is 28.6 Å². The smallest absolute Gasteiger partial charge is 0.332 e. The van der Waals surface area contributed by atoms with E-state index in [9.17, 15) is 14.4 Å². The lowest BCUT2D eigenvalue weighted by Crippen LogP contribution is -2.39. The van der Waals surface area contributed by atoms with Crippen LogP contribution in [0.3, 0.4) is 0 Å². The highest BCUT2D eigenvalue weighted by atomic mass is 16.6. The summed E-state index contributed by atoms with van der Waals surface area (Å²) in [5, 5.41) is 10.1. The molecule has 0 aliphatic heterocycles. The molecular weight excluding hydrogens is 642 g/mol. The fourth-order valence-electron chi connectivity index (χ4n) is 5.66. The van der Waals surface area contributed by atoms with Crippen LogP contribution < -0.4 is 16.0 Å². The molecular formula is C42H77N3O6. The van der Waals surface area contributed by atoms with Gasteiger partial charge in [0.1, 0.15) is 19.8 Å². The minimum absolute atomic E-state index is 0.0755. The molecule has 3 atom stereocenters. The van der Waals surface area contributed by atoms with E-state index in [1.807, 2.05) is 27.7 Å². The average molecular weight is 720 g/mol. The third-order valence-electron chi connectivity index (χ3n) is 9.95. The van der Waals surface area contributed by atoms with E-state index >= 15 is 0 Å². The van der Waals surface area contributed by atoms with E-state index in [1.54, 1.807) is 0 Å². The van der Waals surface area contributed by atoms with E-state index in [-0.39, 0.29) is 19.8 Å². The molecule has 0 aromatic carbocycles. The largest absolute Gasteiger partial charge is 0.462 e. The van der Waals surface area contributed by atoms with Crippen molar-refractivity contribution in [2.75, 3.05) is 39.5 Å². The Bertz CT molecular complexity index is 927. The second-order valence-electron chi connectivity index (χ2n) is 14.6. The first-order valence-electron chi connectivity index (χ1n) is 20.2.